The molecule has 0 spiro atoms. The van der Waals surface area contributed by atoms with Crippen LogP contribution in [0.4, 0.5) is 5.69 Å². The molecule has 0 aromatic carbocycles. The molecule has 3 rings (SSSR count). The molecular formula is C15H17N3O5S2. The zero-order chi connectivity index (χ0) is 18.0. The first-order chi connectivity index (χ1) is 11.9. The summed E-state index contributed by atoms with van der Waals surface area (Å²) in [6, 6.07) is 3.19. The summed E-state index contributed by atoms with van der Waals surface area (Å²) < 4.78 is 32.6. The van der Waals surface area contributed by atoms with Crippen LogP contribution in [0, 0.1) is 17.0 Å². The van der Waals surface area contributed by atoms with Crippen molar-refractivity contribution in [3.8, 4) is 0 Å². The highest BCUT2D eigenvalue weighted by Crippen LogP contribution is 2.28. The zero-order valence-electron chi connectivity index (χ0n) is 13.5. The lowest BCUT2D eigenvalue weighted by molar-refractivity contribution is -0.386. The second-order valence-electron chi connectivity index (χ2n) is 5.83. The van der Waals surface area contributed by atoms with Gasteiger partial charge in [-0.25, -0.2) is 13.1 Å². The number of sulfonamides is 1. The number of thiophene rings is 1. The Bertz CT molecular complexity index is 907. The van der Waals surface area contributed by atoms with Crippen LogP contribution in [0.25, 0.3) is 12.2 Å². The lowest BCUT2D eigenvalue weighted by Crippen LogP contribution is -2.32. The fourth-order valence-corrected chi connectivity index (χ4v) is 5.31. The van der Waals surface area contributed by atoms with Gasteiger partial charge < -0.3 is 4.52 Å². The number of aryl methyl sites for hydroxylation is 1. The second kappa shape index (κ2) is 7.06. The minimum atomic E-state index is -3.53. The summed E-state index contributed by atoms with van der Waals surface area (Å²) in [7, 11) is -3.53. The molecule has 0 aliphatic heterocycles. The Balaban J connectivity index is 1.76. The van der Waals surface area contributed by atoms with Crippen LogP contribution in [0.5, 0.6) is 0 Å². The Morgan fingerprint density at radius 2 is 2.08 bits per heavy atom. The molecule has 1 aliphatic rings. The van der Waals surface area contributed by atoms with Gasteiger partial charge >= 0.3 is 5.69 Å². The van der Waals surface area contributed by atoms with E-state index in [1.165, 1.54) is 19.1 Å². The highest BCUT2D eigenvalue weighted by atomic mass is 32.2. The summed E-state index contributed by atoms with van der Waals surface area (Å²) in [5, 5.41) is 14.6. The van der Waals surface area contributed by atoms with Crippen LogP contribution in [0.1, 0.15) is 42.0 Å². The van der Waals surface area contributed by atoms with Gasteiger partial charge in [-0.2, -0.15) is 0 Å². The van der Waals surface area contributed by atoms with E-state index in [4.69, 9.17) is 4.52 Å². The molecule has 2 aromatic rings. The van der Waals surface area contributed by atoms with Gasteiger partial charge in [-0.3, -0.25) is 10.1 Å². The lowest BCUT2D eigenvalue weighted by Gasteiger charge is -2.10. The van der Waals surface area contributed by atoms with Gasteiger partial charge in [0.2, 0.25) is 15.8 Å². The van der Waals surface area contributed by atoms with Crippen LogP contribution in [0.15, 0.2) is 20.9 Å². The SMILES string of the molecule is Cc1noc(C=Cc2ccc(S(=O)(=O)NC3CCCC3)s2)c1[N+](=O)[O-]. The molecule has 1 saturated carbocycles. The summed E-state index contributed by atoms with van der Waals surface area (Å²) in [6.45, 7) is 1.49. The van der Waals surface area contributed by atoms with Gasteiger partial charge in [0.15, 0.2) is 5.69 Å². The first-order valence-electron chi connectivity index (χ1n) is 7.78. The quantitative estimate of drug-likeness (QED) is 0.604. The van der Waals surface area contributed by atoms with Crippen LogP contribution >= 0.6 is 11.3 Å². The van der Waals surface area contributed by atoms with Crippen LogP contribution in [-0.4, -0.2) is 24.5 Å². The first kappa shape index (κ1) is 17.8. The monoisotopic (exact) mass is 383 g/mol. The molecule has 0 unspecified atom stereocenters. The highest BCUT2D eigenvalue weighted by molar-refractivity contribution is 7.91. The van der Waals surface area contributed by atoms with Crippen LogP contribution in [0.2, 0.25) is 0 Å². The minimum Gasteiger partial charge on any atom is -0.349 e. The van der Waals surface area contributed by atoms with Gasteiger partial charge in [0.1, 0.15) is 4.21 Å². The van der Waals surface area contributed by atoms with Crippen molar-refractivity contribution in [3.63, 3.8) is 0 Å². The van der Waals surface area contributed by atoms with Crippen LogP contribution < -0.4 is 4.72 Å². The lowest BCUT2D eigenvalue weighted by atomic mass is 10.3. The molecule has 8 nitrogen and oxygen atoms in total. The number of nitro groups is 1. The highest BCUT2D eigenvalue weighted by Gasteiger charge is 2.24. The van der Waals surface area contributed by atoms with E-state index in [1.807, 2.05) is 0 Å². The van der Waals surface area contributed by atoms with Crippen LogP contribution in [-0.2, 0) is 10.0 Å². The maximum atomic E-state index is 12.4. The zero-order valence-corrected chi connectivity index (χ0v) is 15.1. The van der Waals surface area contributed by atoms with Crippen molar-refractivity contribution >= 4 is 39.2 Å². The van der Waals surface area contributed by atoms with Crippen molar-refractivity contribution in [2.45, 2.75) is 42.9 Å². The van der Waals surface area contributed by atoms with E-state index in [0.717, 1.165) is 37.0 Å². The summed E-state index contributed by atoms with van der Waals surface area (Å²) in [4.78, 5) is 11.1. The fraction of sp³-hybridized carbons (Fsp3) is 0.400. The molecule has 1 fully saturated rings. The molecule has 10 heteroatoms. The molecule has 134 valence electrons. The van der Waals surface area contributed by atoms with Gasteiger partial charge in [0.25, 0.3) is 0 Å². The molecule has 0 saturated heterocycles. The predicted octanol–water partition coefficient (Wildman–Crippen LogP) is 3.34. The van der Waals surface area contributed by atoms with Crippen molar-refractivity contribution < 1.29 is 17.9 Å². The number of rotatable bonds is 6. The number of hydrogen-bond acceptors (Lipinski definition) is 7. The molecule has 0 atom stereocenters. The largest absolute Gasteiger partial charge is 0.349 e. The standard InChI is InChI=1S/C15H17N3O5S2/c1-10-15(18(19)20)13(23-16-10)8-6-12-7-9-14(24-12)25(21,22)17-11-4-2-3-5-11/h6-9,11,17H,2-5H2,1H3. The number of nitrogens with zero attached hydrogens (tertiary/aromatic N) is 2. The van der Waals surface area contributed by atoms with E-state index in [9.17, 15) is 18.5 Å². The molecule has 0 bridgehead atoms. The van der Waals surface area contributed by atoms with E-state index in [2.05, 4.69) is 9.88 Å². The average Bonchev–Trinajstić information content (AvgIpc) is 3.25. The Kier molecular flexibility index (Phi) is 5.02. The van der Waals surface area contributed by atoms with Crippen molar-refractivity contribution in [1.82, 2.24) is 9.88 Å². The van der Waals surface area contributed by atoms with E-state index in [-0.39, 0.29) is 27.4 Å². The molecule has 0 radical (unpaired) electrons. The van der Waals surface area contributed by atoms with Gasteiger partial charge in [0.05, 0.1) is 4.92 Å². The third-order valence-corrected chi connectivity index (χ3v) is 7.05. The summed E-state index contributed by atoms with van der Waals surface area (Å²) >= 11 is 1.09. The molecule has 2 heterocycles. The smallest absolute Gasteiger partial charge is 0.338 e. The molecule has 1 N–H and O–H groups in total. The maximum Gasteiger partial charge on any atom is 0.338 e. The first-order valence-corrected chi connectivity index (χ1v) is 10.1. The summed E-state index contributed by atoms with van der Waals surface area (Å²) in [5.41, 5.74) is 0.00316. The maximum absolute atomic E-state index is 12.4. The number of hydrogen-bond donors (Lipinski definition) is 1. The Morgan fingerprint density at radius 1 is 1.36 bits per heavy atom. The predicted molar refractivity (Wildman–Crippen MR) is 93.7 cm³/mol. The second-order valence-corrected chi connectivity index (χ2v) is 8.89. The normalized spacial score (nSPS) is 16.0. The molecule has 25 heavy (non-hydrogen) atoms. The number of aromatic nitrogens is 1. The minimum absolute atomic E-state index is 0.00547. The van der Waals surface area contributed by atoms with E-state index in [0.29, 0.717) is 4.88 Å². The van der Waals surface area contributed by atoms with E-state index in [1.54, 1.807) is 12.1 Å². The van der Waals surface area contributed by atoms with Crippen molar-refractivity contribution in [1.29, 1.82) is 0 Å². The van der Waals surface area contributed by atoms with Crippen molar-refractivity contribution in [2.24, 2.45) is 0 Å². The fourth-order valence-electron chi connectivity index (χ4n) is 2.76. The van der Waals surface area contributed by atoms with E-state index < -0.39 is 14.9 Å². The van der Waals surface area contributed by atoms with Crippen molar-refractivity contribution in [3.05, 3.63) is 38.6 Å². The summed E-state index contributed by atoms with van der Waals surface area (Å²) in [6.07, 6.45) is 6.82. The van der Waals surface area contributed by atoms with Crippen LogP contribution in [0.3, 0.4) is 0 Å². The van der Waals surface area contributed by atoms with Gasteiger partial charge in [-0.1, -0.05) is 18.0 Å². The topological polar surface area (TPSA) is 115 Å². The molecule has 1 aliphatic carbocycles. The Hall–Kier alpha value is -2.04. The summed E-state index contributed by atoms with van der Waals surface area (Å²) in [5.74, 6) is 0.0318. The number of nitrogens with one attached hydrogen (secondary N) is 1. The van der Waals surface area contributed by atoms with Gasteiger partial charge in [-0.05, 0) is 44.1 Å². The van der Waals surface area contributed by atoms with Gasteiger partial charge in [0, 0.05) is 10.9 Å². The Labute approximate surface area is 148 Å². The Morgan fingerprint density at radius 3 is 2.76 bits per heavy atom. The molecule has 0 amide bonds. The van der Waals surface area contributed by atoms with Crippen molar-refractivity contribution in [2.75, 3.05) is 0 Å². The molecular weight excluding hydrogens is 366 g/mol. The third kappa shape index (κ3) is 3.97. The van der Waals surface area contributed by atoms with E-state index >= 15 is 0 Å². The van der Waals surface area contributed by atoms with Gasteiger partial charge in [-0.15, -0.1) is 11.3 Å². The molecule has 2 aromatic heterocycles. The third-order valence-electron chi connectivity index (χ3n) is 3.98. The average molecular weight is 383 g/mol.